The summed E-state index contributed by atoms with van der Waals surface area (Å²) in [6.45, 7) is 0.341. The third kappa shape index (κ3) is 4.11. The SMILES string of the molecule is CN(C(=O)c1cc2c(n(CCC#N)c1=O)CCCCCC2)c1ccccc1. The average molecular weight is 363 g/mol. The Morgan fingerprint density at radius 1 is 1.15 bits per heavy atom. The van der Waals surface area contributed by atoms with Crippen molar-refractivity contribution >= 4 is 11.6 Å². The Balaban J connectivity index is 2.07. The van der Waals surface area contributed by atoms with Gasteiger partial charge in [0.1, 0.15) is 5.56 Å². The van der Waals surface area contributed by atoms with Gasteiger partial charge in [-0.3, -0.25) is 9.59 Å². The molecule has 0 unspecified atom stereocenters. The lowest BCUT2D eigenvalue weighted by molar-refractivity contribution is 0.0990. The number of nitriles is 1. The highest BCUT2D eigenvalue weighted by Crippen LogP contribution is 2.22. The van der Waals surface area contributed by atoms with E-state index in [0.717, 1.165) is 49.0 Å². The van der Waals surface area contributed by atoms with Crippen molar-refractivity contribution in [3.8, 4) is 6.07 Å². The van der Waals surface area contributed by atoms with Gasteiger partial charge in [-0.05, 0) is 49.4 Å². The van der Waals surface area contributed by atoms with Crippen molar-refractivity contribution in [2.24, 2.45) is 0 Å². The number of nitrogens with zero attached hydrogens (tertiary/aromatic N) is 3. The maximum absolute atomic E-state index is 13.1. The maximum Gasteiger partial charge on any atom is 0.263 e. The molecule has 0 spiro atoms. The highest BCUT2D eigenvalue weighted by atomic mass is 16.2. The fourth-order valence-electron chi connectivity index (χ4n) is 3.74. The Morgan fingerprint density at radius 2 is 1.85 bits per heavy atom. The number of anilines is 1. The summed E-state index contributed by atoms with van der Waals surface area (Å²) >= 11 is 0. The van der Waals surface area contributed by atoms with Crippen LogP contribution >= 0.6 is 0 Å². The Hall–Kier alpha value is -2.87. The number of rotatable bonds is 4. The van der Waals surface area contributed by atoms with Crippen LogP contribution in [0.5, 0.6) is 0 Å². The molecule has 5 heteroatoms. The van der Waals surface area contributed by atoms with Crippen molar-refractivity contribution in [3.63, 3.8) is 0 Å². The molecule has 0 radical (unpaired) electrons. The number of pyridine rings is 1. The molecule has 0 fully saturated rings. The van der Waals surface area contributed by atoms with Crippen LogP contribution in [0.4, 0.5) is 5.69 Å². The molecule has 0 N–H and O–H groups in total. The monoisotopic (exact) mass is 363 g/mol. The summed E-state index contributed by atoms with van der Waals surface area (Å²) in [4.78, 5) is 27.7. The predicted octanol–water partition coefficient (Wildman–Crippen LogP) is 3.70. The quantitative estimate of drug-likeness (QED) is 0.832. The second-order valence-corrected chi connectivity index (χ2v) is 7.01. The molecule has 1 aliphatic carbocycles. The van der Waals surface area contributed by atoms with Crippen molar-refractivity contribution in [1.82, 2.24) is 4.57 Å². The van der Waals surface area contributed by atoms with Gasteiger partial charge in [-0.15, -0.1) is 0 Å². The summed E-state index contributed by atoms with van der Waals surface area (Å²) in [5, 5.41) is 9.00. The van der Waals surface area contributed by atoms with Crippen LogP contribution in [0.1, 0.15) is 53.7 Å². The summed E-state index contributed by atoms with van der Waals surface area (Å²) in [6, 6.07) is 13.2. The third-order valence-corrected chi connectivity index (χ3v) is 5.23. The first kappa shape index (κ1) is 18.9. The molecular formula is C22H25N3O2. The molecule has 1 aliphatic rings. The van der Waals surface area contributed by atoms with Gasteiger partial charge >= 0.3 is 0 Å². The third-order valence-electron chi connectivity index (χ3n) is 5.23. The Morgan fingerprint density at radius 3 is 2.56 bits per heavy atom. The van der Waals surface area contributed by atoms with Crippen molar-refractivity contribution in [3.05, 3.63) is 63.6 Å². The van der Waals surface area contributed by atoms with Gasteiger partial charge in [0.15, 0.2) is 0 Å². The highest BCUT2D eigenvalue weighted by Gasteiger charge is 2.22. The van der Waals surface area contributed by atoms with Gasteiger partial charge in [-0.25, -0.2) is 0 Å². The lowest BCUT2D eigenvalue weighted by atomic mass is 9.95. The van der Waals surface area contributed by atoms with Crippen LogP contribution in [0.15, 0.2) is 41.2 Å². The summed E-state index contributed by atoms with van der Waals surface area (Å²) in [5.41, 5.74) is 2.75. The fraction of sp³-hybridized carbons (Fsp3) is 0.409. The van der Waals surface area contributed by atoms with Crippen molar-refractivity contribution in [1.29, 1.82) is 5.26 Å². The fourth-order valence-corrected chi connectivity index (χ4v) is 3.74. The minimum Gasteiger partial charge on any atom is -0.311 e. The number of aryl methyl sites for hydroxylation is 1. The van der Waals surface area contributed by atoms with Gasteiger partial charge in [0.25, 0.3) is 11.5 Å². The van der Waals surface area contributed by atoms with Gasteiger partial charge in [0.2, 0.25) is 0 Å². The average Bonchev–Trinajstić information content (AvgIpc) is 2.68. The van der Waals surface area contributed by atoms with Crippen LogP contribution < -0.4 is 10.5 Å². The second-order valence-electron chi connectivity index (χ2n) is 7.01. The summed E-state index contributed by atoms with van der Waals surface area (Å²) in [6.07, 6.45) is 6.39. The van der Waals surface area contributed by atoms with E-state index >= 15 is 0 Å². The minimum atomic E-state index is -0.304. The highest BCUT2D eigenvalue weighted by molar-refractivity contribution is 6.05. The molecule has 1 heterocycles. The van der Waals surface area contributed by atoms with Crippen LogP contribution in [0.25, 0.3) is 0 Å². The first-order valence-corrected chi connectivity index (χ1v) is 9.59. The second kappa shape index (κ2) is 8.68. The van der Waals surface area contributed by atoms with Gasteiger partial charge in [0.05, 0.1) is 12.5 Å². The van der Waals surface area contributed by atoms with Gasteiger partial charge in [-0.2, -0.15) is 5.26 Å². The van der Waals surface area contributed by atoms with Crippen LogP contribution in [0.2, 0.25) is 0 Å². The lowest BCUT2D eigenvalue weighted by Crippen LogP contribution is -2.36. The molecule has 0 bridgehead atoms. The number of aromatic nitrogens is 1. The van der Waals surface area contributed by atoms with Crippen molar-refractivity contribution in [2.75, 3.05) is 11.9 Å². The van der Waals surface area contributed by atoms with E-state index in [-0.39, 0.29) is 23.5 Å². The largest absolute Gasteiger partial charge is 0.311 e. The van der Waals surface area contributed by atoms with Crippen molar-refractivity contribution < 1.29 is 4.79 Å². The Bertz CT molecular complexity index is 910. The van der Waals surface area contributed by atoms with Gasteiger partial charge in [0, 0.05) is 25.0 Å². The molecule has 0 atom stereocenters. The normalized spacial score (nSPS) is 13.8. The molecule has 2 aromatic rings. The predicted molar refractivity (Wildman–Crippen MR) is 106 cm³/mol. The molecule has 5 nitrogen and oxygen atoms in total. The van der Waals surface area contributed by atoms with Gasteiger partial charge < -0.3 is 9.47 Å². The Labute approximate surface area is 159 Å². The number of benzene rings is 1. The maximum atomic E-state index is 13.1. The van der Waals surface area contributed by atoms with E-state index in [1.165, 1.54) is 11.3 Å². The van der Waals surface area contributed by atoms with Crippen LogP contribution in [-0.4, -0.2) is 17.5 Å². The van der Waals surface area contributed by atoms with E-state index in [1.807, 2.05) is 30.3 Å². The molecule has 3 rings (SSSR count). The zero-order valence-corrected chi connectivity index (χ0v) is 15.8. The Kier molecular flexibility index (Phi) is 6.08. The molecule has 1 amide bonds. The number of carbonyl (C=O) groups excluding carboxylic acids is 1. The van der Waals surface area contributed by atoms with E-state index in [9.17, 15) is 9.59 Å². The molecule has 0 saturated heterocycles. The van der Waals surface area contributed by atoms with Crippen LogP contribution in [0, 0.1) is 11.3 Å². The number of fused-ring (bicyclic) bond motifs is 1. The van der Waals surface area contributed by atoms with Crippen LogP contribution in [0.3, 0.4) is 0 Å². The molecule has 0 saturated carbocycles. The van der Waals surface area contributed by atoms with E-state index < -0.39 is 0 Å². The molecule has 1 aromatic heterocycles. The molecule has 140 valence electrons. The number of para-hydroxylation sites is 1. The van der Waals surface area contributed by atoms with Gasteiger partial charge in [-0.1, -0.05) is 31.0 Å². The standard InChI is InChI=1S/C22H25N3O2/c1-24(18-11-6-4-7-12-18)21(26)19-16-17-10-5-2-3-8-13-20(17)25(22(19)27)15-9-14-23/h4,6-7,11-12,16H,2-3,5,8-10,13,15H2,1H3. The smallest absolute Gasteiger partial charge is 0.263 e. The molecular weight excluding hydrogens is 338 g/mol. The first-order chi connectivity index (χ1) is 13.1. The number of hydrogen-bond acceptors (Lipinski definition) is 3. The van der Waals surface area contributed by atoms with Crippen LogP contribution in [-0.2, 0) is 19.4 Å². The number of amides is 1. The number of carbonyl (C=O) groups is 1. The summed E-state index contributed by atoms with van der Waals surface area (Å²) < 4.78 is 1.68. The van der Waals surface area contributed by atoms with E-state index in [0.29, 0.717) is 6.54 Å². The van der Waals surface area contributed by atoms with Crippen molar-refractivity contribution in [2.45, 2.75) is 51.5 Å². The molecule has 1 aromatic carbocycles. The summed E-state index contributed by atoms with van der Waals surface area (Å²) in [7, 11) is 1.69. The zero-order valence-electron chi connectivity index (χ0n) is 15.8. The first-order valence-electron chi connectivity index (χ1n) is 9.59. The van der Waals surface area contributed by atoms with E-state index in [4.69, 9.17) is 5.26 Å². The minimum absolute atomic E-state index is 0.193. The molecule has 27 heavy (non-hydrogen) atoms. The van der Waals surface area contributed by atoms with E-state index in [1.54, 1.807) is 17.7 Å². The number of hydrogen-bond donors (Lipinski definition) is 0. The molecule has 0 aliphatic heterocycles. The lowest BCUT2D eigenvalue weighted by Gasteiger charge is -2.22. The summed E-state index contributed by atoms with van der Waals surface area (Å²) in [5.74, 6) is -0.304. The zero-order chi connectivity index (χ0) is 19.2. The topological polar surface area (TPSA) is 66.1 Å². The van der Waals surface area contributed by atoms with E-state index in [2.05, 4.69) is 6.07 Å².